The molecular weight excluding hydrogens is 204 g/mol. The van der Waals surface area contributed by atoms with Crippen LogP contribution in [-0.4, -0.2) is 31.5 Å². The smallest absolute Gasteiger partial charge is 0.221 e. The van der Waals surface area contributed by atoms with Crippen LogP contribution >= 0.6 is 0 Å². The van der Waals surface area contributed by atoms with Gasteiger partial charge in [-0.15, -0.1) is 0 Å². The summed E-state index contributed by atoms with van der Waals surface area (Å²) in [5, 5.41) is 5.71. The van der Waals surface area contributed by atoms with E-state index in [1.807, 2.05) is 6.92 Å². The Bertz CT molecular complexity index is 216. The molecule has 0 saturated heterocycles. The Hall–Kier alpha value is -1.26. The largest absolute Gasteiger partial charge is 0.370 e. The number of nitrogens with zero attached hydrogens (tertiary/aromatic N) is 1. The van der Waals surface area contributed by atoms with Crippen molar-refractivity contribution in [2.24, 2.45) is 10.7 Å². The molecule has 0 aromatic carbocycles. The van der Waals surface area contributed by atoms with E-state index in [9.17, 15) is 4.79 Å². The number of carbonyl (C=O) groups excluding carboxylic acids is 1. The van der Waals surface area contributed by atoms with Gasteiger partial charge >= 0.3 is 0 Å². The highest BCUT2D eigenvalue weighted by Gasteiger charge is 1.99. The number of hydrogen-bond donors (Lipinski definition) is 3. The summed E-state index contributed by atoms with van der Waals surface area (Å²) in [5.41, 5.74) is 5.61. The van der Waals surface area contributed by atoms with Crippen LogP contribution in [0.25, 0.3) is 0 Å². The van der Waals surface area contributed by atoms with Gasteiger partial charge in [0.1, 0.15) is 0 Å². The predicted molar refractivity (Wildman–Crippen MR) is 67.3 cm³/mol. The Morgan fingerprint density at radius 3 is 2.56 bits per heavy atom. The molecule has 0 atom stereocenters. The van der Waals surface area contributed by atoms with E-state index in [0.717, 1.165) is 32.4 Å². The standard InChI is InChI=1S/C11H24N4O/c1-3-5-8-14-11(12)15-9-6-10(16)13-7-4-2/h3-9H2,1-2H3,(H,13,16)(H3,12,14,15). The quantitative estimate of drug-likeness (QED) is 0.323. The third-order valence-corrected chi connectivity index (χ3v) is 2.02. The molecule has 0 aliphatic heterocycles. The number of aliphatic imine (C=N–C) groups is 1. The molecule has 0 saturated carbocycles. The van der Waals surface area contributed by atoms with Crippen molar-refractivity contribution in [3.63, 3.8) is 0 Å². The number of rotatable bonds is 8. The Kier molecular flexibility index (Phi) is 9.46. The highest BCUT2D eigenvalue weighted by atomic mass is 16.1. The number of unbranched alkanes of at least 4 members (excludes halogenated alkanes) is 1. The van der Waals surface area contributed by atoms with Crippen molar-refractivity contribution in [1.29, 1.82) is 0 Å². The molecule has 16 heavy (non-hydrogen) atoms. The van der Waals surface area contributed by atoms with Gasteiger partial charge in [0.05, 0.1) is 0 Å². The molecule has 4 N–H and O–H groups in total. The molecule has 0 bridgehead atoms. The third kappa shape index (κ3) is 9.30. The Morgan fingerprint density at radius 2 is 1.94 bits per heavy atom. The minimum atomic E-state index is 0.0516. The Labute approximate surface area is 97.9 Å². The van der Waals surface area contributed by atoms with Gasteiger partial charge in [-0.25, -0.2) is 0 Å². The predicted octanol–water partition coefficient (Wildman–Crippen LogP) is 0.607. The summed E-state index contributed by atoms with van der Waals surface area (Å²) >= 11 is 0. The first-order chi connectivity index (χ1) is 7.70. The molecule has 0 aromatic heterocycles. The second kappa shape index (κ2) is 10.3. The van der Waals surface area contributed by atoms with Crippen molar-refractivity contribution in [3.05, 3.63) is 0 Å². The first kappa shape index (κ1) is 14.7. The summed E-state index contributed by atoms with van der Waals surface area (Å²) in [6.45, 7) is 6.15. The normalized spacial score (nSPS) is 11.2. The second-order valence-corrected chi connectivity index (χ2v) is 3.65. The number of hydrogen-bond acceptors (Lipinski definition) is 2. The van der Waals surface area contributed by atoms with E-state index in [2.05, 4.69) is 22.5 Å². The van der Waals surface area contributed by atoms with E-state index in [4.69, 9.17) is 5.73 Å². The van der Waals surface area contributed by atoms with Gasteiger partial charge < -0.3 is 16.4 Å². The Balaban J connectivity index is 3.49. The van der Waals surface area contributed by atoms with Gasteiger partial charge in [0.2, 0.25) is 5.91 Å². The van der Waals surface area contributed by atoms with Crippen molar-refractivity contribution >= 4 is 11.9 Å². The highest BCUT2D eigenvalue weighted by molar-refractivity contribution is 5.79. The van der Waals surface area contributed by atoms with E-state index >= 15 is 0 Å². The number of carbonyl (C=O) groups is 1. The third-order valence-electron chi connectivity index (χ3n) is 2.02. The van der Waals surface area contributed by atoms with E-state index < -0.39 is 0 Å². The fourth-order valence-corrected chi connectivity index (χ4v) is 1.07. The monoisotopic (exact) mass is 228 g/mol. The lowest BCUT2D eigenvalue weighted by Crippen LogP contribution is -2.35. The summed E-state index contributed by atoms with van der Waals surface area (Å²) in [7, 11) is 0. The zero-order valence-electron chi connectivity index (χ0n) is 10.4. The summed E-state index contributed by atoms with van der Waals surface area (Å²) in [6.07, 6.45) is 3.54. The molecule has 0 spiro atoms. The summed E-state index contributed by atoms with van der Waals surface area (Å²) in [4.78, 5) is 15.3. The first-order valence-corrected chi connectivity index (χ1v) is 6.01. The lowest BCUT2D eigenvalue weighted by atomic mass is 10.3. The van der Waals surface area contributed by atoms with E-state index in [1.165, 1.54) is 0 Å². The molecule has 0 heterocycles. The van der Waals surface area contributed by atoms with Crippen LogP contribution in [0.4, 0.5) is 0 Å². The molecule has 94 valence electrons. The summed E-state index contributed by atoms with van der Waals surface area (Å²) in [5.74, 6) is 0.479. The average molecular weight is 228 g/mol. The number of amides is 1. The highest BCUT2D eigenvalue weighted by Crippen LogP contribution is 1.86. The van der Waals surface area contributed by atoms with E-state index in [0.29, 0.717) is 18.9 Å². The number of nitrogens with one attached hydrogen (secondary N) is 2. The van der Waals surface area contributed by atoms with Crippen LogP contribution in [-0.2, 0) is 4.79 Å². The lowest BCUT2D eigenvalue weighted by molar-refractivity contribution is -0.120. The molecule has 0 aliphatic rings. The molecular formula is C11H24N4O. The fourth-order valence-electron chi connectivity index (χ4n) is 1.07. The summed E-state index contributed by atoms with van der Waals surface area (Å²) < 4.78 is 0. The SMILES string of the molecule is CCCCN=C(N)NCCC(=O)NCCC. The molecule has 0 rings (SSSR count). The molecule has 0 aromatic rings. The minimum absolute atomic E-state index is 0.0516. The topological polar surface area (TPSA) is 79.5 Å². The number of nitrogens with two attached hydrogens (primary N) is 1. The fraction of sp³-hybridized carbons (Fsp3) is 0.818. The van der Waals surface area contributed by atoms with Crippen LogP contribution in [0, 0.1) is 0 Å². The van der Waals surface area contributed by atoms with Crippen molar-refractivity contribution in [2.75, 3.05) is 19.6 Å². The van der Waals surface area contributed by atoms with E-state index in [-0.39, 0.29) is 5.91 Å². The molecule has 0 radical (unpaired) electrons. The maximum atomic E-state index is 11.2. The van der Waals surface area contributed by atoms with Gasteiger partial charge in [-0.1, -0.05) is 20.3 Å². The molecule has 1 amide bonds. The molecule has 0 fully saturated rings. The van der Waals surface area contributed by atoms with Crippen molar-refractivity contribution in [1.82, 2.24) is 10.6 Å². The Morgan fingerprint density at radius 1 is 1.19 bits per heavy atom. The van der Waals surface area contributed by atoms with Gasteiger partial charge in [0.25, 0.3) is 0 Å². The maximum absolute atomic E-state index is 11.2. The van der Waals surface area contributed by atoms with Gasteiger partial charge in [-0.2, -0.15) is 0 Å². The van der Waals surface area contributed by atoms with Crippen LogP contribution < -0.4 is 16.4 Å². The van der Waals surface area contributed by atoms with Crippen molar-refractivity contribution in [2.45, 2.75) is 39.5 Å². The average Bonchev–Trinajstić information content (AvgIpc) is 2.26. The lowest BCUT2D eigenvalue weighted by Gasteiger charge is -2.06. The van der Waals surface area contributed by atoms with Gasteiger partial charge in [-0.3, -0.25) is 9.79 Å². The zero-order chi connectivity index (χ0) is 12.2. The van der Waals surface area contributed by atoms with Crippen molar-refractivity contribution in [3.8, 4) is 0 Å². The van der Waals surface area contributed by atoms with Crippen LogP contribution in [0.3, 0.4) is 0 Å². The molecule has 5 nitrogen and oxygen atoms in total. The molecule has 0 aliphatic carbocycles. The van der Waals surface area contributed by atoms with E-state index in [1.54, 1.807) is 0 Å². The molecule has 5 heteroatoms. The van der Waals surface area contributed by atoms with Crippen LogP contribution in [0.1, 0.15) is 39.5 Å². The van der Waals surface area contributed by atoms with Crippen LogP contribution in [0.5, 0.6) is 0 Å². The van der Waals surface area contributed by atoms with Crippen molar-refractivity contribution < 1.29 is 4.79 Å². The first-order valence-electron chi connectivity index (χ1n) is 6.01. The molecule has 0 unspecified atom stereocenters. The summed E-state index contributed by atoms with van der Waals surface area (Å²) in [6, 6.07) is 0. The van der Waals surface area contributed by atoms with Crippen LogP contribution in [0.2, 0.25) is 0 Å². The zero-order valence-corrected chi connectivity index (χ0v) is 10.4. The van der Waals surface area contributed by atoms with Crippen LogP contribution in [0.15, 0.2) is 4.99 Å². The van der Waals surface area contributed by atoms with Gasteiger partial charge in [0.15, 0.2) is 5.96 Å². The maximum Gasteiger partial charge on any atom is 0.221 e. The minimum Gasteiger partial charge on any atom is -0.370 e. The number of guanidine groups is 1. The van der Waals surface area contributed by atoms with Gasteiger partial charge in [0, 0.05) is 26.1 Å². The second-order valence-electron chi connectivity index (χ2n) is 3.65. The van der Waals surface area contributed by atoms with Gasteiger partial charge in [-0.05, 0) is 12.8 Å².